The summed E-state index contributed by atoms with van der Waals surface area (Å²) >= 11 is 0. The predicted octanol–water partition coefficient (Wildman–Crippen LogP) is 2.69. The quantitative estimate of drug-likeness (QED) is 0.940. The summed E-state index contributed by atoms with van der Waals surface area (Å²) in [5, 5.41) is 6.88. The van der Waals surface area contributed by atoms with Crippen LogP contribution in [0.5, 0.6) is 0 Å². The van der Waals surface area contributed by atoms with Crippen molar-refractivity contribution in [1.29, 1.82) is 0 Å². The summed E-state index contributed by atoms with van der Waals surface area (Å²) in [5.41, 5.74) is 2.33. The zero-order valence-electron chi connectivity index (χ0n) is 14.6. The van der Waals surface area contributed by atoms with Crippen LogP contribution in [0.2, 0.25) is 0 Å². The van der Waals surface area contributed by atoms with E-state index >= 15 is 0 Å². The van der Waals surface area contributed by atoms with Gasteiger partial charge in [-0.2, -0.15) is 5.10 Å². The Kier molecular flexibility index (Phi) is 4.64. The number of carbonyl (C=O) groups is 1. The number of amides is 1. The van der Waals surface area contributed by atoms with Crippen LogP contribution < -0.4 is 0 Å². The maximum absolute atomic E-state index is 12.5. The highest BCUT2D eigenvalue weighted by atomic mass is 16.2. The van der Waals surface area contributed by atoms with Crippen LogP contribution in [0, 0.1) is 11.3 Å². The molecule has 0 aromatic carbocycles. The molecule has 1 aliphatic heterocycles. The second-order valence-electron chi connectivity index (χ2n) is 7.58. The molecule has 3 rings (SSSR count). The average Bonchev–Trinajstić information content (AvgIpc) is 3.08. The molecule has 1 amide bonds. The summed E-state index contributed by atoms with van der Waals surface area (Å²) in [6.45, 7) is 7.63. The van der Waals surface area contributed by atoms with Crippen LogP contribution >= 0.6 is 0 Å². The Balaban J connectivity index is 1.68. The highest BCUT2D eigenvalue weighted by Crippen LogP contribution is 2.25. The van der Waals surface area contributed by atoms with Gasteiger partial charge in [0.1, 0.15) is 5.69 Å². The molecule has 6 nitrogen and oxygen atoms in total. The highest BCUT2D eigenvalue weighted by Gasteiger charge is 2.31. The molecule has 24 heavy (non-hydrogen) atoms. The number of rotatable bonds is 3. The Morgan fingerprint density at radius 1 is 1.38 bits per heavy atom. The lowest BCUT2D eigenvalue weighted by atomic mass is 9.89. The third kappa shape index (κ3) is 3.80. The minimum Gasteiger partial charge on any atom is -0.342 e. The van der Waals surface area contributed by atoms with Crippen molar-refractivity contribution in [1.82, 2.24) is 25.1 Å². The summed E-state index contributed by atoms with van der Waals surface area (Å²) in [7, 11) is 0. The molecule has 0 bridgehead atoms. The average molecular weight is 327 g/mol. The van der Waals surface area contributed by atoms with Gasteiger partial charge in [0.2, 0.25) is 5.91 Å². The Morgan fingerprint density at radius 3 is 2.92 bits per heavy atom. The summed E-state index contributed by atoms with van der Waals surface area (Å²) < 4.78 is 0. The fourth-order valence-electron chi connectivity index (χ4n) is 3.22. The topological polar surface area (TPSA) is 74.8 Å². The molecule has 0 unspecified atom stereocenters. The number of piperidine rings is 1. The number of nitrogens with zero attached hydrogens (tertiary/aromatic N) is 4. The Labute approximate surface area is 142 Å². The predicted molar refractivity (Wildman–Crippen MR) is 92.1 cm³/mol. The first-order chi connectivity index (χ1) is 11.4. The first-order valence-corrected chi connectivity index (χ1v) is 8.53. The molecular formula is C18H25N5O. The third-order valence-corrected chi connectivity index (χ3v) is 4.41. The van der Waals surface area contributed by atoms with E-state index in [1.165, 1.54) is 0 Å². The summed E-state index contributed by atoms with van der Waals surface area (Å²) in [6.07, 6.45) is 8.31. The van der Waals surface area contributed by atoms with Crippen LogP contribution in [0.1, 0.15) is 39.3 Å². The Bertz CT molecular complexity index is 690. The highest BCUT2D eigenvalue weighted by molar-refractivity contribution is 5.81. The van der Waals surface area contributed by atoms with Crippen LogP contribution in [-0.4, -0.2) is 44.1 Å². The van der Waals surface area contributed by atoms with Gasteiger partial charge in [-0.3, -0.25) is 14.9 Å². The second-order valence-corrected chi connectivity index (χ2v) is 7.58. The van der Waals surface area contributed by atoms with Gasteiger partial charge in [0.25, 0.3) is 0 Å². The van der Waals surface area contributed by atoms with E-state index in [1.54, 1.807) is 12.4 Å². The van der Waals surface area contributed by atoms with Crippen molar-refractivity contribution in [3.63, 3.8) is 0 Å². The fraction of sp³-hybridized carbons (Fsp3) is 0.556. The van der Waals surface area contributed by atoms with E-state index < -0.39 is 0 Å². The molecule has 2 aromatic rings. The number of hydrogen-bond acceptors (Lipinski definition) is 4. The van der Waals surface area contributed by atoms with Gasteiger partial charge in [0, 0.05) is 30.9 Å². The Morgan fingerprint density at radius 2 is 2.21 bits per heavy atom. The molecule has 1 atom stereocenters. The molecule has 0 radical (unpaired) electrons. The van der Waals surface area contributed by atoms with Gasteiger partial charge >= 0.3 is 0 Å². The molecule has 0 saturated carbocycles. The van der Waals surface area contributed by atoms with E-state index in [4.69, 9.17) is 4.98 Å². The number of likely N-dealkylation sites (tertiary alicyclic amines) is 1. The maximum Gasteiger partial charge on any atom is 0.227 e. The van der Waals surface area contributed by atoms with Gasteiger partial charge < -0.3 is 4.90 Å². The minimum atomic E-state index is -0.317. The molecule has 1 aliphatic rings. The lowest BCUT2D eigenvalue weighted by molar-refractivity contribution is -0.141. The minimum absolute atomic E-state index is 0.240. The molecule has 1 N–H and O–H groups in total. The monoisotopic (exact) mass is 327 g/mol. The second kappa shape index (κ2) is 6.71. The van der Waals surface area contributed by atoms with Crippen molar-refractivity contribution < 1.29 is 4.79 Å². The number of nitrogens with one attached hydrogen (secondary N) is 1. The maximum atomic E-state index is 12.5. The van der Waals surface area contributed by atoms with Crippen LogP contribution in [0.25, 0.3) is 11.4 Å². The van der Waals surface area contributed by atoms with Crippen molar-refractivity contribution in [2.24, 2.45) is 11.3 Å². The zero-order chi connectivity index (χ0) is 17.2. The molecular weight excluding hydrogens is 302 g/mol. The Hall–Kier alpha value is -2.24. The van der Waals surface area contributed by atoms with Crippen molar-refractivity contribution in [2.45, 2.75) is 40.0 Å². The van der Waals surface area contributed by atoms with Crippen LogP contribution in [0.4, 0.5) is 0 Å². The molecule has 6 heteroatoms. The number of H-pyrrole nitrogens is 1. The summed E-state index contributed by atoms with van der Waals surface area (Å²) in [5.74, 6) is 0.681. The smallest absolute Gasteiger partial charge is 0.227 e. The number of aromatic amines is 1. The largest absolute Gasteiger partial charge is 0.342 e. The molecule has 1 saturated heterocycles. The molecule has 2 aromatic heterocycles. The lowest BCUT2D eigenvalue weighted by Gasteiger charge is -2.36. The number of carbonyl (C=O) groups excluding carboxylic acids is 1. The normalized spacial score (nSPS) is 18.6. The van der Waals surface area contributed by atoms with Gasteiger partial charge in [-0.25, -0.2) is 4.98 Å². The molecule has 3 heterocycles. The number of aromatic nitrogens is 4. The van der Waals surface area contributed by atoms with Crippen molar-refractivity contribution >= 4 is 5.91 Å². The molecule has 0 spiro atoms. The lowest BCUT2D eigenvalue weighted by Crippen LogP contribution is -2.45. The van der Waals surface area contributed by atoms with Crippen molar-refractivity contribution in [3.8, 4) is 11.4 Å². The molecule has 1 fully saturated rings. The van der Waals surface area contributed by atoms with Crippen molar-refractivity contribution in [2.75, 3.05) is 13.1 Å². The van der Waals surface area contributed by atoms with E-state index in [2.05, 4.69) is 15.2 Å². The number of hydrogen-bond donors (Lipinski definition) is 1. The van der Waals surface area contributed by atoms with Gasteiger partial charge in [-0.1, -0.05) is 20.8 Å². The zero-order valence-corrected chi connectivity index (χ0v) is 14.6. The van der Waals surface area contributed by atoms with Crippen molar-refractivity contribution in [3.05, 3.63) is 30.4 Å². The van der Waals surface area contributed by atoms with Crippen LogP contribution in [0.15, 0.2) is 24.7 Å². The van der Waals surface area contributed by atoms with Crippen LogP contribution in [0.3, 0.4) is 0 Å². The third-order valence-electron chi connectivity index (χ3n) is 4.41. The molecule has 128 valence electrons. The first kappa shape index (κ1) is 16.6. The first-order valence-electron chi connectivity index (χ1n) is 8.53. The van der Waals surface area contributed by atoms with E-state index in [1.807, 2.05) is 37.9 Å². The van der Waals surface area contributed by atoms with E-state index in [0.29, 0.717) is 5.92 Å². The fourth-order valence-corrected chi connectivity index (χ4v) is 3.22. The van der Waals surface area contributed by atoms with Gasteiger partial charge in [-0.15, -0.1) is 0 Å². The van der Waals surface area contributed by atoms with Gasteiger partial charge in [0.15, 0.2) is 0 Å². The van der Waals surface area contributed by atoms with Gasteiger partial charge in [0.05, 0.1) is 17.6 Å². The summed E-state index contributed by atoms with van der Waals surface area (Å²) in [6, 6.07) is 1.89. The van der Waals surface area contributed by atoms with E-state index in [0.717, 1.165) is 49.4 Å². The van der Waals surface area contributed by atoms with Gasteiger partial charge in [-0.05, 0) is 31.2 Å². The summed E-state index contributed by atoms with van der Waals surface area (Å²) in [4.78, 5) is 23.5. The van der Waals surface area contributed by atoms with E-state index in [9.17, 15) is 4.79 Å². The SMILES string of the molecule is CC(C)(C)C(=O)N1CCC[C@@H](Cc2cncc(-c3ccn[nH]3)n2)C1. The van der Waals surface area contributed by atoms with Crippen LogP contribution in [-0.2, 0) is 11.2 Å². The standard InChI is InChI=1S/C18H25N5O/c1-18(2,3)17(24)23-8-4-5-13(12-23)9-14-10-19-11-16(21-14)15-6-7-20-22-15/h6-7,10-11,13H,4-5,8-9,12H2,1-3H3,(H,20,22)/t13-/m0/s1. The van der Waals surface area contributed by atoms with E-state index in [-0.39, 0.29) is 11.3 Å². The molecule has 0 aliphatic carbocycles.